The molecule has 0 aliphatic rings. The fraction of sp³-hybridized carbons (Fsp3) is 0.167. The summed E-state index contributed by atoms with van der Waals surface area (Å²) in [4.78, 5) is 19.9. The highest BCUT2D eigenvalue weighted by atomic mass is 35.5. The zero-order chi connectivity index (χ0) is 19.6. The molecule has 2 heterocycles. The lowest BCUT2D eigenvalue weighted by molar-refractivity contribution is -0.137. The van der Waals surface area contributed by atoms with Gasteiger partial charge in [0.15, 0.2) is 5.65 Å². The number of alkyl halides is 3. The van der Waals surface area contributed by atoms with Gasteiger partial charge in [-0.25, -0.2) is 14.8 Å². The number of benzene rings is 1. The minimum Gasteiger partial charge on any atom is -0.338 e. The number of rotatable bonds is 3. The predicted octanol–water partition coefficient (Wildman–Crippen LogP) is 5.11. The Bertz CT molecular complexity index is 1010. The van der Waals surface area contributed by atoms with Crippen LogP contribution in [0.25, 0.3) is 22.2 Å². The quantitative estimate of drug-likeness (QED) is 0.648. The number of halogens is 4. The molecule has 0 fully saturated rings. The van der Waals surface area contributed by atoms with Gasteiger partial charge in [0.05, 0.1) is 22.5 Å². The summed E-state index contributed by atoms with van der Waals surface area (Å²) in [5.74, 6) is 0. The number of nitrogens with one attached hydrogen (secondary N) is 2. The van der Waals surface area contributed by atoms with Crippen LogP contribution in [0.15, 0.2) is 42.7 Å². The van der Waals surface area contributed by atoms with E-state index in [1.54, 1.807) is 19.1 Å². The minimum atomic E-state index is -4.55. The summed E-state index contributed by atoms with van der Waals surface area (Å²) in [5, 5.41) is 5.43. The molecule has 27 heavy (non-hydrogen) atoms. The number of hydrogen-bond donors (Lipinski definition) is 2. The van der Waals surface area contributed by atoms with Crippen molar-refractivity contribution in [2.24, 2.45) is 0 Å². The van der Waals surface area contributed by atoms with Crippen LogP contribution in [0.5, 0.6) is 0 Å². The fourth-order valence-electron chi connectivity index (χ4n) is 2.51. The Kier molecular flexibility index (Phi) is 5.18. The third kappa shape index (κ3) is 4.28. The van der Waals surface area contributed by atoms with E-state index in [1.165, 1.54) is 24.5 Å². The Hall–Kier alpha value is -2.87. The fourth-order valence-corrected chi connectivity index (χ4v) is 2.73. The van der Waals surface area contributed by atoms with Crippen LogP contribution in [0, 0.1) is 0 Å². The number of fused-ring (bicyclic) bond motifs is 1. The molecule has 0 unspecified atom stereocenters. The van der Waals surface area contributed by atoms with Gasteiger partial charge >= 0.3 is 12.2 Å². The molecular weight excluding hydrogens is 381 g/mol. The van der Waals surface area contributed by atoms with Crippen molar-refractivity contribution >= 4 is 34.4 Å². The number of aromatic nitrogens is 2. The van der Waals surface area contributed by atoms with E-state index in [0.717, 1.165) is 6.07 Å². The van der Waals surface area contributed by atoms with Crippen molar-refractivity contribution in [1.82, 2.24) is 15.3 Å². The van der Waals surface area contributed by atoms with Crippen LogP contribution in [0.2, 0.25) is 5.02 Å². The van der Waals surface area contributed by atoms with Gasteiger partial charge in [-0.05, 0) is 36.8 Å². The van der Waals surface area contributed by atoms with Gasteiger partial charge in [-0.3, -0.25) is 0 Å². The second-order valence-corrected chi connectivity index (χ2v) is 6.08. The van der Waals surface area contributed by atoms with Crippen LogP contribution in [0.1, 0.15) is 12.5 Å². The van der Waals surface area contributed by atoms with Crippen LogP contribution < -0.4 is 10.6 Å². The van der Waals surface area contributed by atoms with E-state index in [1.807, 2.05) is 0 Å². The zero-order valence-electron chi connectivity index (χ0n) is 14.1. The monoisotopic (exact) mass is 394 g/mol. The highest BCUT2D eigenvalue weighted by molar-refractivity contribution is 6.31. The van der Waals surface area contributed by atoms with Crippen molar-refractivity contribution in [2.45, 2.75) is 13.1 Å². The van der Waals surface area contributed by atoms with Crippen molar-refractivity contribution in [3.05, 3.63) is 53.3 Å². The molecule has 0 radical (unpaired) electrons. The maximum Gasteiger partial charge on any atom is 0.417 e. The Labute approximate surface area is 157 Å². The number of amides is 2. The summed E-state index contributed by atoms with van der Waals surface area (Å²) in [6.07, 6.45) is -1.66. The number of anilines is 1. The van der Waals surface area contributed by atoms with Gasteiger partial charge in [-0.1, -0.05) is 17.7 Å². The normalized spacial score (nSPS) is 11.4. The maximum absolute atomic E-state index is 13.1. The Balaban J connectivity index is 1.99. The Morgan fingerprint density at radius 2 is 1.85 bits per heavy atom. The van der Waals surface area contributed by atoms with E-state index in [9.17, 15) is 18.0 Å². The summed E-state index contributed by atoms with van der Waals surface area (Å²) in [6, 6.07) is 6.60. The van der Waals surface area contributed by atoms with Crippen LogP contribution in [0.4, 0.5) is 23.7 Å². The van der Waals surface area contributed by atoms with Crippen LogP contribution in [-0.2, 0) is 6.18 Å². The highest BCUT2D eigenvalue weighted by Crippen LogP contribution is 2.37. The third-order valence-corrected chi connectivity index (χ3v) is 4.06. The summed E-state index contributed by atoms with van der Waals surface area (Å²) in [5.41, 5.74) is 0.737. The Morgan fingerprint density at radius 1 is 1.11 bits per heavy atom. The third-order valence-electron chi connectivity index (χ3n) is 3.73. The maximum atomic E-state index is 13.1. The van der Waals surface area contributed by atoms with Gasteiger partial charge in [-0.15, -0.1) is 0 Å². The molecule has 1 aromatic carbocycles. The molecule has 9 heteroatoms. The van der Waals surface area contributed by atoms with Crippen molar-refractivity contribution in [3.8, 4) is 11.1 Å². The van der Waals surface area contributed by atoms with Gasteiger partial charge in [0.2, 0.25) is 0 Å². The molecule has 0 spiro atoms. The lowest BCUT2D eigenvalue weighted by atomic mass is 10.0. The van der Waals surface area contributed by atoms with Gasteiger partial charge in [0.1, 0.15) is 0 Å². The van der Waals surface area contributed by atoms with Gasteiger partial charge in [0.25, 0.3) is 0 Å². The number of carbonyl (C=O) groups excluding carboxylic acids is 1. The molecule has 2 amide bonds. The number of hydrogen-bond acceptors (Lipinski definition) is 3. The molecule has 0 saturated carbocycles. The molecule has 140 valence electrons. The van der Waals surface area contributed by atoms with Crippen molar-refractivity contribution in [3.63, 3.8) is 0 Å². The van der Waals surface area contributed by atoms with E-state index in [-0.39, 0.29) is 11.1 Å². The SMILES string of the molecule is CCNC(=O)Nc1cnc2ncc(-c3ccc(Cl)c(C(F)(F)F)c3)cc2c1. The first-order valence-electron chi connectivity index (χ1n) is 7.95. The lowest BCUT2D eigenvalue weighted by Gasteiger charge is -2.11. The molecule has 3 aromatic rings. The van der Waals surface area contributed by atoms with E-state index in [4.69, 9.17) is 11.6 Å². The molecule has 3 rings (SSSR count). The lowest BCUT2D eigenvalue weighted by Crippen LogP contribution is -2.28. The first kappa shape index (κ1) is 18.9. The molecule has 0 aliphatic carbocycles. The summed E-state index contributed by atoms with van der Waals surface area (Å²) in [7, 11) is 0. The number of nitrogens with zero attached hydrogens (tertiary/aromatic N) is 2. The van der Waals surface area contributed by atoms with Gasteiger partial charge < -0.3 is 10.6 Å². The summed E-state index contributed by atoms with van der Waals surface area (Å²) in [6.45, 7) is 2.26. The average Bonchev–Trinajstić information content (AvgIpc) is 2.60. The molecule has 0 atom stereocenters. The zero-order valence-corrected chi connectivity index (χ0v) is 14.8. The first-order chi connectivity index (χ1) is 12.8. The number of carbonyl (C=O) groups is 1. The predicted molar refractivity (Wildman–Crippen MR) is 97.7 cm³/mol. The van der Waals surface area contributed by atoms with Crippen molar-refractivity contribution < 1.29 is 18.0 Å². The second kappa shape index (κ2) is 7.40. The molecule has 2 N–H and O–H groups in total. The molecule has 0 bridgehead atoms. The molecule has 2 aromatic heterocycles. The van der Waals surface area contributed by atoms with Crippen LogP contribution >= 0.6 is 11.6 Å². The number of urea groups is 1. The van der Waals surface area contributed by atoms with Gasteiger partial charge in [-0.2, -0.15) is 13.2 Å². The number of pyridine rings is 2. The summed E-state index contributed by atoms with van der Waals surface area (Å²) < 4.78 is 39.2. The van der Waals surface area contributed by atoms with E-state index in [0.29, 0.717) is 34.4 Å². The van der Waals surface area contributed by atoms with Gasteiger partial charge in [0, 0.05) is 23.7 Å². The largest absolute Gasteiger partial charge is 0.417 e. The topological polar surface area (TPSA) is 66.9 Å². The van der Waals surface area contributed by atoms with Crippen LogP contribution in [0.3, 0.4) is 0 Å². The highest BCUT2D eigenvalue weighted by Gasteiger charge is 2.33. The molecular formula is C18H14ClF3N4O. The average molecular weight is 395 g/mol. The molecule has 0 aliphatic heterocycles. The van der Waals surface area contributed by atoms with E-state index in [2.05, 4.69) is 20.6 Å². The summed E-state index contributed by atoms with van der Waals surface area (Å²) >= 11 is 5.67. The molecule has 0 saturated heterocycles. The minimum absolute atomic E-state index is 0.322. The van der Waals surface area contributed by atoms with Crippen LogP contribution in [-0.4, -0.2) is 22.5 Å². The van der Waals surface area contributed by atoms with Crippen molar-refractivity contribution in [1.29, 1.82) is 0 Å². The second-order valence-electron chi connectivity index (χ2n) is 5.67. The standard InChI is InChI=1S/C18H14ClF3N4O/c1-2-23-17(27)26-13-6-11-5-12(8-24-16(11)25-9-13)10-3-4-15(19)14(7-10)18(20,21)22/h3-9H,2H2,1H3,(H2,23,26,27). The van der Waals surface area contributed by atoms with E-state index >= 15 is 0 Å². The van der Waals surface area contributed by atoms with Crippen molar-refractivity contribution in [2.75, 3.05) is 11.9 Å². The smallest absolute Gasteiger partial charge is 0.338 e. The van der Waals surface area contributed by atoms with E-state index < -0.39 is 11.7 Å². The Morgan fingerprint density at radius 3 is 2.56 bits per heavy atom. The molecule has 5 nitrogen and oxygen atoms in total. The first-order valence-corrected chi connectivity index (χ1v) is 8.33.